The van der Waals surface area contributed by atoms with Gasteiger partial charge in [-0.2, -0.15) is 0 Å². The lowest BCUT2D eigenvalue weighted by Gasteiger charge is -2.27. The van der Waals surface area contributed by atoms with Crippen molar-refractivity contribution in [1.29, 1.82) is 0 Å². The molecule has 0 saturated heterocycles. The Labute approximate surface area is 117 Å². The molecule has 1 aliphatic carbocycles. The minimum atomic E-state index is -0.180. The van der Waals surface area contributed by atoms with Gasteiger partial charge in [0.05, 0.1) is 28.9 Å². The molecule has 1 aliphatic heterocycles. The number of hydrogen-bond donors (Lipinski definition) is 0. The van der Waals surface area contributed by atoms with Crippen molar-refractivity contribution in [1.82, 2.24) is 0 Å². The molecule has 3 nitrogen and oxygen atoms in total. The monoisotopic (exact) mass is 271 g/mol. The Bertz CT molecular complexity index is 643. The second kappa shape index (κ2) is 4.72. The molecule has 0 fully saturated rings. The van der Waals surface area contributed by atoms with Crippen LogP contribution in [0.25, 0.3) is 0 Å². The van der Waals surface area contributed by atoms with Crippen molar-refractivity contribution >= 4 is 28.5 Å². The van der Waals surface area contributed by atoms with E-state index in [1.54, 1.807) is 14.2 Å². The topological polar surface area (TPSA) is 30.8 Å². The molecule has 0 amide bonds. The van der Waals surface area contributed by atoms with E-state index in [1.807, 2.05) is 36.4 Å². The van der Waals surface area contributed by atoms with E-state index in [4.69, 9.17) is 21.7 Å². The smallest absolute Gasteiger partial charge is 0.129 e. The fourth-order valence-electron chi connectivity index (χ4n) is 2.35. The van der Waals surface area contributed by atoms with E-state index >= 15 is 0 Å². The Balaban J connectivity index is 2.25. The largest absolute Gasteiger partial charge is 0.496 e. The molecule has 19 heavy (non-hydrogen) atoms. The fourth-order valence-corrected chi connectivity index (χ4v) is 2.73. The molecule has 1 atom stereocenters. The SMILES string of the molecule is COC1=C2C(=S)c3ccccc3N=C2C(OC)C=C1. The summed E-state index contributed by atoms with van der Waals surface area (Å²) in [7, 11) is 3.30. The molecule has 0 spiro atoms. The maximum absolute atomic E-state index is 5.59. The van der Waals surface area contributed by atoms with Gasteiger partial charge in [0.25, 0.3) is 0 Å². The van der Waals surface area contributed by atoms with Gasteiger partial charge in [0, 0.05) is 12.7 Å². The summed E-state index contributed by atoms with van der Waals surface area (Å²) in [5.74, 6) is 0.742. The zero-order chi connectivity index (χ0) is 13.4. The molecule has 96 valence electrons. The number of hydrogen-bond acceptors (Lipinski definition) is 4. The number of benzene rings is 1. The highest BCUT2D eigenvalue weighted by molar-refractivity contribution is 7.81. The molecule has 1 aromatic carbocycles. The summed E-state index contributed by atoms with van der Waals surface area (Å²) in [4.78, 5) is 5.45. The van der Waals surface area contributed by atoms with Crippen molar-refractivity contribution in [3.8, 4) is 0 Å². The molecule has 1 unspecified atom stereocenters. The summed E-state index contributed by atoms with van der Waals surface area (Å²) in [6, 6.07) is 7.87. The molecule has 2 aliphatic rings. The zero-order valence-corrected chi connectivity index (χ0v) is 11.5. The van der Waals surface area contributed by atoms with Crippen LogP contribution in [0.15, 0.2) is 52.7 Å². The van der Waals surface area contributed by atoms with E-state index in [2.05, 4.69) is 4.99 Å². The second-order valence-electron chi connectivity index (χ2n) is 4.30. The summed E-state index contributed by atoms with van der Waals surface area (Å²) in [6.45, 7) is 0. The number of para-hydroxylation sites is 1. The summed E-state index contributed by atoms with van der Waals surface area (Å²) >= 11 is 5.59. The van der Waals surface area contributed by atoms with Crippen molar-refractivity contribution < 1.29 is 9.47 Å². The third-order valence-electron chi connectivity index (χ3n) is 3.28. The van der Waals surface area contributed by atoms with Gasteiger partial charge in [-0.05, 0) is 18.2 Å². The van der Waals surface area contributed by atoms with E-state index < -0.39 is 0 Å². The van der Waals surface area contributed by atoms with E-state index in [9.17, 15) is 0 Å². The Hall–Kier alpha value is -1.78. The lowest BCUT2D eigenvalue weighted by molar-refractivity contribution is 0.189. The lowest BCUT2D eigenvalue weighted by atomic mass is 9.89. The van der Waals surface area contributed by atoms with Crippen LogP contribution in [0.4, 0.5) is 5.69 Å². The highest BCUT2D eigenvalue weighted by atomic mass is 32.1. The number of rotatable bonds is 2. The van der Waals surface area contributed by atoms with Gasteiger partial charge in [-0.15, -0.1) is 0 Å². The average molecular weight is 271 g/mol. The average Bonchev–Trinajstić information content (AvgIpc) is 2.46. The normalized spacial score (nSPS) is 20.8. The Morgan fingerprint density at radius 3 is 2.74 bits per heavy atom. The van der Waals surface area contributed by atoms with Crippen LogP contribution >= 0.6 is 12.2 Å². The number of ether oxygens (including phenoxy) is 2. The van der Waals surface area contributed by atoms with E-state index in [-0.39, 0.29) is 6.10 Å². The minimum absolute atomic E-state index is 0.180. The van der Waals surface area contributed by atoms with Gasteiger partial charge in [0.2, 0.25) is 0 Å². The second-order valence-corrected chi connectivity index (χ2v) is 4.71. The minimum Gasteiger partial charge on any atom is -0.496 e. The first-order valence-electron chi connectivity index (χ1n) is 5.98. The molecule has 0 radical (unpaired) electrons. The molecular weight excluding hydrogens is 258 g/mol. The number of methoxy groups -OCH3 is 2. The van der Waals surface area contributed by atoms with Crippen LogP contribution in [0.5, 0.6) is 0 Å². The number of nitrogens with zero attached hydrogens (tertiary/aromatic N) is 1. The van der Waals surface area contributed by atoms with Crippen LogP contribution < -0.4 is 0 Å². The molecule has 1 aromatic rings. The molecule has 4 heteroatoms. The highest BCUT2D eigenvalue weighted by Crippen LogP contribution is 2.34. The third kappa shape index (κ3) is 1.84. The van der Waals surface area contributed by atoms with Crippen molar-refractivity contribution in [3.63, 3.8) is 0 Å². The summed E-state index contributed by atoms with van der Waals surface area (Å²) < 4.78 is 10.9. The van der Waals surface area contributed by atoms with Crippen LogP contribution in [0.1, 0.15) is 5.56 Å². The molecule has 3 rings (SSSR count). The number of fused-ring (bicyclic) bond motifs is 2. The number of aliphatic imine (C=N–C) groups is 1. The molecule has 0 saturated carbocycles. The first kappa shape index (κ1) is 12.3. The summed E-state index contributed by atoms with van der Waals surface area (Å²) in [6.07, 6.45) is 3.64. The standard InChI is InChI=1S/C15H13NO2S/c1-17-11-7-8-12(18-2)14-13(11)15(19)9-5-3-4-6-10(9)16-14/h3-8,12H,1-2H3. The number of thiocarbonyl (C=S) groups is 1. The maximum Gasteiger partial charge on any atom is 0.129 e. The van der Waals surface area contributed by atoms with Crippen LogP contribution in [0.3, 0.4) is 0 Å². The van der Waals surface area contributed by atoms with E-state index in [0.29, 0.717) is 0 Å². The van der Waals surface area contributed by atoms with Gasteiger partial charge in [-0.1, -0.05) is 30.4 Å². The van der Waals surface area contributed by atoms with E-state index in [1.165, 1.54) is 0 Å². The Morgan fingerprint density at radius 2 is 2.00 bits per heavy atom. The molecule has 1 heterocycles. The summed E-state index contributed by atoms with van der Waals surface area (Å²) in [5.41, 5.74) is 3.55. The Morgan fingerprint density at radius 1 is 1.21 bits per heavy atom. The molecule has 0 bridgehead atoms. The quantitative estimate of drug-likeness (QED) is 0.775. The van der Waals surface area contributed by atoms with Gasteiger partial charge >= 0.3 is 0 Å². The molecular formula is C15H13NO2S. The van der Waals surface area contributed by atoms with Crippen LogP contribution in [0, 0.1) is 0 Å². The van der Waals surface area contributed by atoms with Crippen LogP contribution in [-0.2, 0) is 9.47 Å². The van der Waals surface area contributed by atoms with Crippen LogP contribution in [0.2, 0.25) is 0 Å². The first-order valence-corrected chi connectivity index (χ1v) is 6.39. The maximum atomic E-state index is 5.59. The van der Waals surface area contributed by atoms with Crippen molar-refractivity contribution in [2.45, 2.75) is 6.10 Å². The van der Waals surface area contributed by atoms with Crippen molar-refractivity contribution in [3.05, 3.63) is 53.3 Å². The third-order valence-corrected chi connectivity index (χ3v) is 3.71. The Kier molecular flexibility index (Phi) is 3.05. The summed E-state index contributed by atoms with van der Waals surface area (Å²) in [5, 5.41) is 0. The fraction of sp³-hybridized carbons (Fsp3) is 0.200. The highest BCUT2D eigenvalue weighted by Gasteiger charge is 2.32. The van der Waals surface area contributed by atoms with Gasteiger partial charge in [0.1, 0.15) is 11.9 Å². The van der Waals surface area contributed by atoms with Crippen molar-refractivity contribution in [2.75, 3.05) is 14.2 Å². The molecule has 0 aromatic heterocycles. The van der Waals surface area contributed by atoms with Gasteiger partial charge in [0.15, 0.2) is 0 Å². The van der Waals surface area contributed by atoms with Crippen molar-refractivity contribution in [2.24, 2.45) is 4.99 Å². The molecule has 0 N–H and O–H groups in total. The lowest BCUT2D eigenvalue weighted by Crippen LogP contribution is -2.32. The van der Waals surface area contributed by atoms with Crippen LogP contribution in [-0.4, -0.2) is 30.9 Å². The predicted molar refractivity (Wildman–Crippen MR) is 79.2 cm³/mol. The van der Waals surface area contributed by atoms with Gasteiger partial charge in [-0.3, -0.25) is 0 Å². The van der Waals surface area contributed by atoms with E-state index in [0.717, 1.165) is 33.2 Å². The first-order chi connectivity index (χ1) is 9.26. The van der Waals surface area contributed by atoms with Gasteiger partial charge in [-0.25, -0.2) is 4.99 Å². The predicted octanol–water partition coefficient (Wildman–Crippen LogP) is 2.98. The zero-order valence-electron chi connectivity index (χ0n) is 10.7. The van der Waals surface area contributed by atoms with Gasteiger partial charge < -0.3 is 9.47 Å². The number of allylic oxidation sites excluding steroid dienone is 1.